The summed E-state index contributed by atoms with van der Waals surface area (Å²) >= 11 is 5.88. The van der Waals surface area contributed by atoms with Gasteiger partial charge in [-0.2, -0.15) is 4.31 Å². The number of nitro groups is 1. The summed E-state index contributed by atoms with van der Waals surface area (Å²) in [5.41, 5.74) is -0.278. The molecule has 0 aromatic heterocycles. The number of nitrogens with zero attached hydrogens (tertiary/aromatic N) is 2. The first-order valence-corrected chi connectivity index (χ1v) is 7.69. The van der Waals surface area contributed by atoms with E-state index in [9.17, 15) is 18.5 Å². The maximum absolute atomic E-state index is 12.4. The van der Waals surface area contributed by atoms with Crippen LogP contribution in [0.2, 0.25) is 5.02 Å². The molecule has 1 aromatic rings. The van der Waals surface area contributed by atoms with Crippen molar-refractivity contribution in [2.75, 3.05) is 13.1 Å². The Balaban J connectivity index is 2.44. The minimum Gasteiger partial charge on any atom is -0.258 e. The predicted molar refractivity (Wildman–Crippen MR) is 70.7 cm³/mol. The molecule has 2 rings (SSSR count). The van der Waals surface area contributed by atoms with Crippen molar-refractivity contribution in [2.45, 2.75) is 24.2 Å². The Kier molecular flexibility index (Phi) is 4.07. The number of rotatable bonds is 3. The van der Waals surface area contributed by atoms with Crippen LogP contribution in [0.3, 0.4) is 0 Å². The number of sulfonamides is 1. The number of nitro benzene ring substituents is 1. The molecular formula is C11H13ClN2O4S. The summed E-state index contributed by atoms with van der Waals surface area (Å²) in [7, 11) is -3.75. The third-order valence-corrected chi connectivity index (χ3v) is 5.44. The second kappa shape index (κ2) is 5.44. The highest BCUT2D eigenvalue weighted by atomic mass is 35.5. The topological polar surface area (TPSA) is 80.5 Å². The molecular weight excluding hydrogens is 292 g/mol. The minimum absolute atomic E-state index is 0.0103. The Morgan fingerprint density at radius 3 is 2.42 bits per heavy atom. The van der Waals surface area contributed by atoms with Crippen molar-refractivity contribution in [2.24, 2.45) is 0 Å². The maximum Gasteiger partial charge on any atom is 0.270 e. The molecule has 0 amide bonds. The first kappa shape index (κ1) is 14.2. The molecule has 0 bridgehead atoms. The SMILES string of the molecule is O=[N+]([O-])c1ccc(Cl)c(S(=O)(=O)N2CCCCC2)c1. The first-order chi connectivity index (χ1) is 8.93. The molecule has 1 heterocycles. The van der Waals surface area contributed by atoms with Crippen LogP contribution in [0.1, 0.15) is 19.3 Å². The van der Waals surface area contributed by atoms with Gasteiger partial charge in [-0.1, -0.05) is 18.0 Å². The second-order valence-electron chi connectivity index (χ2n) is 4.34. The summed E-state index contributed by atoms with van der Waals surface area (Å²) in [6.07, 6.45) is 2.59. The molecule has 1 saturated heterocycles. The third kappa shape index (κ3) is 2.88. The average molecular weight is 305 g/mol. The zero-order valence-electron chi connectivity index (χ0n) is 10.1. The molecule has 19 heavy (non-hydrogen) atoms. The van der Waals surface area contributed by atoms with Gasteiger partial charge in [0.25, 0.3) is 5.69 Å². The largest absolute Gasteiger partial charge is 0.270 e. The van der Waals surface area contributed by atoms with Gasteiger partial charge in [0.2, 0.25) is 10.0 Å². The van der Waals surface area contributed by atoms with Gasteiger partial charge < -0.3 is 0 Å². The van der Waals surface area contributed by atoms with Crippen LogP contribution in [0, 0.1) is 10.1 Å². The van der Waals surface area contributed by atoms with Crippen LogP contribution in [0.4, 0.5) is 5.69 Å². The predicted octanol–water partition coefficient (Wildman–Crippen LogP) is 2.42. The maximum atomic E-state index is 12.4. The van der Waals surface area contributed by atoms with Gasteiger partial charge in [-0.25, -0.2) is 8.42 Å². The van der Waals surface area contributed by atoms with Gasteiger partial charge in [0.1, 0.15) is 4.90 Å². The minimum atomic E-state index is -3.75. The van der Waals surface area contributed by atoms with E-state index in [-0.39, 0.29) is 15.6 Å². The van der Waals surface area contributed by atoms with Crippen molar-refractivity contribution in [3.05, 3.63) is 33.3 Å². The van der Waals surface area contributed by atoms with Crippen LogP contribution in [-0.4, -0.2) is 30.7 Å². The Bertz CT molecular complexity index is 597. The van der Waals surface area contributed by atoms with Gasteiger partial charge in [-0.05, 0) is 18.9 Å². The number of benzene rings is 1. The van der Waals surface area contributed by atoms with E-state index in [0.29, 0.717) is 13.1 Å². The molecule has 6 nitrogen and oxygen atoms in total. The van der Waals surface area contributed by atoms with Crippen LogP contribution in [0.25, 0.3) is 0 Å². The van der Waals surface area contributed by atoms with Crippen molar-refractivity contribution < 1.29 is 13.3 Å². The lowest BCUT2D eigenvalue weighted by Crippen LogP contribution is -2.35. The first-order valence-electron chi connectivity index (χ1n) is 5.87. The van der Waals surface area contributed by atoms with Crippen LogP contribution in [0.5, 0.6) is 0 Å². The van der Waals surface area contributed by atoms with Gasteiger partial charge in [0, 0.05) is 25.2 Å². The normalized spacial score (nSPS) is 17.3. The highest BCUT2D eigenvalue weighted by Crippen LogP contribution is 2.29. The molecule has 0 atom stereocenters. The summed E-state index contributed by atoms with van der Waals surface area (Å²) in [6.45, 7) is 0.864. The number of piperidine rings is 1. The lowest BCUT2D eigenvalue weighted by Gasteiger charge is -2.26. The Labute approximate surface area is 116 Å². The zero-order chi connectivity index (χ0) is 14.0. The number of hydrogen-bond acceptors (Lipinski definition) is 4. The molecule has 1 fully saturated rings. The van der Waals surface area contributed by atoms with Gasteiger partial charge in [0.05, 0.1) is 9.95 Å². The van der Waals surface area contributed by atoms with Crippen molar-refractivity contribution in [3.63, 3.8) is 0 Å². The van der Waals surface area contributed by atoms with Crippen molar-refractivity contribution >= 4 is 27.3 Å². The molecule has 1 aromatic carbocycles. The third-order valence-electron chi connectivity index (χ3n) is 3.06. The van der Waals surface area contributed by atoms with Crippen LogP contribution in [0.15, 0.2) is 23.1 Å². The van der Waals surface area contributed by atoms with E-state index < -0.39 is 14.9 Å². The second-order valence-corrected chi connectivity index (χ2v) is 6.65. The molecule has 0 unspecified atom stereocenters. The Morgan fingerprint density at radius 2 is 1.84 bits per heavy atom. The van der Waals surface area contributed by atoms with Crippen molar-refractivity contribution in [1.29, 1.82) is 0 Å². The summed E-state index contributed by atoms with van der Waals surface area (Å²) in [5, 5.41) is 10.7. The molecule has 0 N–H and O–H groups in total. The molecule has 1 aliphatic rings. The van der Waals surface area contributed by atoms with E-state index in [0.717, 1.165) is 25.3 Å². The van der Waals surface area contributed by atoms with Crippen LogP contribution in [-0.2, 0) is 10.0 Å². The highest BCUT2D eigenvalue weighted by molar-refractivity contribution is 7.89. The number of non-ortho nitro benzene ring substituents is 1. The fourth-order valence-corrected chi connectivity index (χ4v) is 4.06. The summed E-state index contributed by atoms with van der Waals surface area (Å²) < 4.78 is 26.1. The van der Waals surface area contributed by atoms with E-state index in [1.54, 1.807) is 0 Å². The zero-order valence-corrected chi connectivity index (χ0v) is 11.7. The van der Waals surface area contributed by atoms with Gasteiger partial charge in [0.15, 0.2) is 0 Å². The summed E-state index contributed by atoms with van der Waals surface area (Å²) in [5.74, 6) is 0. The molecule has 0 spiro atoms. The lowest BCUT2D eigenvalue weighted by molar-refractivity contribution is -0.385. The molecule has 8 heteroatoms. The number of hydrogen-bond donors (Lipinski definition) is 0. The van der Waals surface area contributed by atoms with Gasteiger partial charge >= 0.3 is 0 Å². The molecule has 0 radical (unpaired) electrons. The summed E-state index contributed by atoms with van der Waals surface area (Å²) in [4.78, 5) is 9.90. The lowest BCUT2D eigenvalue weighted by atomic mass is 10.2. The van der Waals surface area contributed by atoms with Gasteiger partial charge in [-0.15, -0.1) is 0 Å². The van der Waals surface area contributed by atoms with Crippen LogP contribution < -0.4 is 0 Å². The van der Waals surface area contributed by atoms with E-state index in [2.05, 4.69) is 0 Å². The standard InChI is InChI=1S/C11H13ClN2O4S/c12-10-5-4-9(14(15)16)8-11(10)19(17,18)13-6-2-1-3-7-13/h4-5,8H,1-3,6-7H2. The van der Waals surface area contributed by atoms with Crippen molar-refractivity contribution in [3.8, 4) is 0 Å². The molecule has 0 aliphatic carbocycles. The van der Waals surface area contributed by atoms with E-state index >= 15 is 0 Å². The van der Waals surface area contributed by atoms with Crippen molar-refractivity contribution in [1.82, 2.24) is 4.31 Å². The molecule has 1 aliphatic heterocycles. The Hall–Kier alpha value is -1.18. The van der Waals surface area contributed by atoms with E-state index in [4.69, 9.17) is 11.6 Å². The fraction of sp³-hybridized carbons (Fsp3) is 0.455. The quantitative estimate of drug-likeness (QED) is 0.634. The highest BCUT2D eigenvalue weighted by Gasteiger charge is 2.29. The van der Waals surface area contributed by atoms with Gasteiger partial charge in [-0.3, -0.25) is 10.1 Å². The van der Waals surface area contributed by atoms with E-state index in [1.807, 2.05) is 0 Å². The number of halogens is 1. The Morgan fingerprint density at radius 1 is 1.21 bits per heavy atom. The fourth-order valence-electron chi connectivity index (χ4n) is 2.05. The smallest absolute Gasteiger partial charge is 0.258 e. The van der Waals surface area contributed by atoms with Crippen LogP contribution >= 0.6 is 11.6 Å². The summed E-state index contributed by atoms with van der Waals surface area (Å²) in [6, 6.07) is 3.46. The monoisotopic (exact) mass is 304 g/mol. The van der Waals surface area contributed by atoms with E-state index in [1.165, 1.54) is 16.4 Å². The molecule has 104 valence electrons. The average Bonchev–Trinajstić information content (AvgIpc) is 2.39. The molecule has 0 saturated carbocycles.